The van der Waals surface area contributed by atoms with Gasteiger partial charge in [0.1, 0.15) is 0 Å². The molecule has 1 aliphatic heterocycles. The average Bonchev–Trinajstić information content (AvgIpc) is 2.27. The van der Waals surface area contributed by atoms with E-state index in [9.17, 15) is 18.3 Å². The van der Waals surface area contributed by atoms with Crippen LogP contribution in [-0.4, -0.2) is 25.2 Å². The highest BCUT2D eigenvalue weighted by atomic mass is 32.2. The molecule has 0 aromatic heterocycles. The molecule has 0 bridgehead atoms. The molecular weight excluding hydrogens is 252 g/mol. The van der Waals surface area contributed by atoms with Gasteiger partial charge in [0.25, 0.3) is 0 Å². The van der Waals surface area contributed by atoms with Gasteiger partial charge in [0.05, 0.1) is 16.1 Å². The number of sulfone groups is 1. The number of hydrogen-bond acceptors (Lipinski definition) is 3. The van der Waals surface area contributed by atoms with E-state index < -0.39 is 21.2 Å². The number of benzene rings is 1. The Kier molecular flexibility index (Phi) is 2.97. The molecule has 1 aliphatic rings. The van der Waals surface area contributed by atoms with Gasteiger partial charge in [-0.05, 0) is 43.9 Å². The fraction of sp³-hybridized carbons (Fsp3) is 0.462. The van der Waals surface area contributed by atoms with Crippen molar-refractivity contribution in [3.8, 4) is 0 Å². The molecule has 1 aromatic carbocycles. The van der Waals surface area contributed by atoms with Gasteiger partial charge in [0.15, 0.2) is 9.84 Å². The molecule has 0 saturated heterocycles. The Bertz CT molecular complexity index is 599. The molecule has 1 aromatic rings. The third-order valence-corrected chi connectivity index (χ3v) is 5.41. The van der Waals surface area contributed by atoms with Crippen molar-refractivity contribution < 1.29 is 18.3 Å². The summed E-state index contributed by atoms with van der Waals surface area (Å²) in [4.78, 5) is 11.6. The summed E-state index contributed by atoms with van der Waals surface area (Å²) in [6.45, 7) is 3.24. The Morgan fingerprint density at radius 2 is 2.00 bits per heavy atom. The zero-order valence-electron chi connectivity index (χ0n) is 10.4. The minimum atomic E-state index is -3.17. The van der Waals surface area contributed by atoms with Gasteiger partial charge >= 0.3 is 5.97 Å². The monoisotopic (exact) mass is 268 g/mol. The Balaban J connectivity index is 2.55. The van der Waals surface area contributed by atoms with Crippen LogP contribution >= 0.6 is 0 Å². The Morgan fingerprint density at radius 3 is 2.61 bits per heavy atom. The molecule has 0 radical (unpaired) electrons. The lowest BCUT2D eigenvalue weighted by Gasteiger charge is -2.23. The number of carboxylic acid groups (broad SMARTS) is 1. The molecule has 0 saturated carbocycles. The molecule has 5 heteroatoms. The number of hydrogen-bond donors (Lipinski definition) is 1. The number of fused-ring (bicyclic) bond motifs is 1. The summed E-state index contributed by atoms with van der Waals surface area (Å²) >= 11 is 0. The molecule has 0 spiro atoms. The lowest BCUT2D eigenvalue weighted by Crippen LogP contribution is -2.29. The summed E-state index contributed by atoms with van der Waals surface area (Å²) in [7, 11) is -3.17. The van der Waals surface area contributed by atoms with Gasteiger partial charge in [-0.3, -0.25) is 4.79 Å². The third-order valence-electron chi connectivity index (χ3n) is 3.51. The van der Waals surface area contributed by atoms with Crippen LogP contribution in [-0.2, 0) is 26.5 Å². The van der Waals surface area contributed by atoms with Crippen molar-refractivity contribution in [1.29, 1.82) is 0 Å². The molecule has 1 heterocycles. The van der Waals surface area contributed by atoms with Crippen LogP contribution in [0.25, 0.3) is 0 Å². The first kappa shape index (κ1) is 13.1. The second-order valence-electron chi connectivity index (χ2n) is 5.18. The molecule has 18 heavy (non-hydrogen) atoms. The Morgan fingerprint density at radius 1 is 1.33 bits per heavy atom. The zero-order chi connectivity index (χ0) is 13.6. The fourth-order valence-corrected chi connectivity index (χ4v) is 3.73. The molecule has 0 unspecified atom stereocenters. The van der Waals surface area contributed by atoms with Crippen molar-refractivity contribution in [1.82, 2.24) is 0 Å². The first-order valence-electron chi connectivity index (χ1n) is 5.85. The van der Waals surface area contributed by atoms with Gasteiger partial charge in [-0.25, -0.2) is 8.42 Å². The maximum absolute atomic E-state index is 11.9. The van der Waals surface area contributed by atoms with Crippen LogP contribution in [0.4, 0.5) is 0 Å². The van der Waals surface area contributed by atoms with Gasteiger partial charge in [-0.15, -0.1) is 0 Å². The highest BCUT2D eigenvalue weighted by Gasteiger charge is 2.31. The van der Waals surface area contributed by atoms with E-state index in [4.69, 9.17) is 0 Å². The zero-order valence-corrected chi connectivity index (χ0v) is 11.3. The van der Waals surface area contributed by atoms with Gasteiger partial charge < -0.3 is 5.11 Å². The third kappa shape index (κ3) is 2.03. The summed E-state index contributed by atoms with van der Waals surface area (Å²) in [6, 6.07) is 4.87. The van der Waals surface area contributed by atoms with E-state index in [1.807, 2.05) is 0 Å². The van der Waals surface area contributed by atoms with Crippen LogP contribution in [0.1, 0.15) is 31.4 Å². The molecular formula is C13H16O4S. The minimum absolute atomic E-state index is 0.182. The van der Waals surface area contributed by atoms with Crippen molar-refractivity contribution in [3.63, 3.8) is 0 Å². The highest BCUT2D eigenvalue weighted by molar-refractivity contribution is 7.91. The number of rotatable bonds is 2. The Labute approximate surface area is 107 Å². The summed E-state index contributed by atoms with van der Waals surface area (Å²) in [5.74, 6) is -0.733. The second-order valence-corrected chi connectivity index (χ2v) is 7.25. The van der Waals surface area contributed by atoms with Gasteiger partial charge in [0, 0.05) is 0 Å². The van der Waals surface area contributed by atoms with Crippen LogP contribution < -0.4 is 0 Å². The molecule has 0 fully saturated rings. The van der Waals surface area contributed by atoms with Crippen molar-refractivity contribution in [2.24, 2.45) is 0 Å². The van der Waals surface area contributed by atoms with Crippen molar-refractivity contribution in [3.05, 3.63) is 29.3 Å². The maximum atomic E-state index is 11.9. The summed E-state index contributed by atoms with van der Waals surface area (Å²) < 4.78 is 23.7. The molecule has 0 aliphatic carbocycles. The molecule has 0 atom stereocenters. The van der Waals surface area contributed by atoms with Crippen LogP contribution in [0.15, 0.2) is 23.1 Å². The standard InChI is InChI=1S/C13H16O4S/c1-13(2,12(14)15)10-5-6-11-9(8-10)4-3-7-18(11,16)17/h5-6,8H,3-4,7H2,1-2H3,(H,14,15). The van der Waals surface area contributed by atoms with Crippen LogP contribution in [0.2, 0.25) is 0 Å². The van der Waals surface area contributed by atoms with E-state index in [0.717, 1.165) is 5.56 Å². The lowest BCUT2D eigenvalue weighted by molar-refractivity contribution is -0.142. The van der Waals surface area contributed by atoms with E-state index >= 15 is 0 Å². The second kappa shape index (κ2) is 4.09. The van der Waals surface area contributed by atoms with Crippen LogP contribution in [0, 0.1) is 0 Å². The lowest BCUT2D eigenvalue weighted by atomic mass is 9.83. The number of aliphatic carboxylic acids is 1. The maximum Gasteiger partial charge on any atom is 0.313 e. The van der Waals surface area contributed by atoms with E-state index in [-0.39, 0.29) is 5.75 Å². The van der Waals surface area contributed by atoms with Gasteiger partial charge in [-0.2, -0.15) is 0 Å². The van der Waals surface area contributed by atoms with E-state index in [1.165, 1.54) is 0 Å². The number of aryl methyl sites for hydroxylation is 1. The topological polar surface area (TPSA) is 71.4 Å². The van der Waals surface area contributed by atoms with Crippen molar-refractivity contribution in [2.75, 3.05) is 5.75 Å². The first-order valence-corrected chi connectivity index (χ1v) is 7.50. The number of carboxylic acids is 1. The fourth-order valence-electron chi connectivity index (χ4n) is 2.15. The predicted octanol–water partition coefficient (Wildman–Crippen LogP) is 1.77. The van der Waals surface area contributed by atoms with Crippen molar-refractivity contribution in [2.45, 2.75) is 37.0 Å². The molecule has 1 N–H and O–H groups in total. The summed E-state index contributed by atoms with van der Waals surface area (Å²) in [5, 5.41) is 9.18. The van der Waals surface area contributed by atoms with Gasteiger partial charge in [-0.1, -0.05) is 12.1 Å². The smallest absolute Gasteiger partial charge is 0.313 e. The van der Waals surface area contributed by atoms with Crippen molar-refractivity contribution >= 4 is 15.8 Å². The largest absolute Gasteiger partial charge is 0.481 e. The van der Waals surface area contributed by atoms with Crippen LogP contribution in [0.5, 0.6) is 0 Å². The molecule has 0 amide bonds. The predicted molar refractivity (Wildman–Crippen MR) is 67.5 cm³/mol. The first-order chi connectivity index (χ1) is 8.25. The summed E-state index contributed by atoms with van der Waals surface area (Å²) in [6.07, 6.45) is 1.30. The van der Waals surface area contributed by atoms with Crippen LogP contribution in [0.3, 0.4) is 0 Å². The number of carbonyl (C=O) groups is 1. The Hall–Kier alpha value is -1.36. The van der Waals surface area contributed by atoms with E-state index in [1.54, 1.807) is 32.0 Å². The quantitative estimate of drug-likeness (QED) is 0.887. The normalized spacial score (nSPS) is 18.1. The highest BCUT2D eigenvalue weighted by Crippen LogP contribution is 2.31. The van der Waals surface area contributed by atoms with Gasteiger partial charge in [0.2, 0.25) is 0 Å². The molecule has 4 nitrogen and oxygen atoms in total. The van der Waals surface area contributed by atoms with E-state index in [0.29, 0.717) is 23.3 Å². The molecule has 2 rings (SSSR count). The SMILES string of the molecule is CC(C)(C(=O)O)c1ccc2c(c1)CCCS2(=O)=O. The molecule has 98 valence electrons. The summed E-state index contributed by atoms with van der Waals surface area (Å²) in [5.41, 5.74) is 0.384. The minimum Gasteiger partial charge on any atom is -0.481 e. The van der Waals surface area contributed by atoms with E-state index in [2.05, 4.69) is 0 Å². The average molecular weight is 268 g/mol.